The molecule has 1 aromatic rings. The molecule has 1 heterocycles. The molecule has 0 bridgehead atoms. The molecule has 0 N–H and O–H groups in total. The van der Waals surface area contributed by atoms with E-state index < -0.39 is 0 Å². The van der Waals surface area contributed by atoms with Gasteiger partial charge in [-0.1, -0.05) is 27.5 Å². The second-order valence-electron chi connectivity index (χ2n) is 3.50. The number of hydrogen-bond donors (Lipinski definition) is 0. The Morgan fingerprint density at radius 3 is 2.80 bits per heavy atom. The molecule has 1 aliphatic rings. The molecule has 0 aromatic heterocycles. The maximum absolute atomic E-state index is 6.04. The monoisotopic (exact) mass is 290 g/mol. The lowest BCUT2D eigenvalue weighted by molar-refractivity contribution is 0.0256. The zero-order valence-electron chi connectivity index (χ0n) is 8.21. The van der Waals surface area contributed by atoms with Gasteiger partial charge < -0.3 is 9.47 Å². The van der Waals surface area contributed by atoms with Gasteiger partial charge in [0.25, 0.3) is 0 Å². The van der Waals surface area contributed by atoms with Gasteiger partial charge in [-0.2, -0.15) is 0 Å². The van der Waals surface area contributed by atoms with E-state index in [2.05, 4.69) is 15.9 Å². The van der Waals surface area contributed by atoms with Crippen molar-refractivity contribution in [2.75, 3.05) is 13.2 Å². The average Bonchev–Trinajstić information content (AvgIpc) is 2.25. The van der Waals surface area contributed by atoms with Crippen LogP contribution in [0.25, 0.3) is 0 Å². The van der Waals surface area contributed by atoms with E-state index in [4.69, 9.17) is 21.1 Å². The summed E-state index contributed by atoms with van der Waals surface area (Å²) < 4.78 is 12.1. The molecule has 0 radical (unpaired) electrons. The summed E-state index contributed by atoms with van der Waals surface area (Å²) >= 11 is 9.44. The molecule has 15 heavy (non-hydrogen) atoms. The van der Waals surface area contributed by atoms with E-state index in [9.17, 15) is 0 Å². The van der Waals surface area contributed by atoms with Gasteiger partial charge in [0.15, 0.2) is 0 Å². The maximum atomic E-state index is 6.04. The number of hydrogen-bond acceptors (Lipinski definition) is 2. The summed E-state index contributed by atoms with van der Waals surface area (Å²) in [6, 6.07) is 5.64. The van der Waals surface area contributed by atoms with Crippen molar-refractivity contribution in [1.29, 1.82) is 0 Å². The molecular weight excluding hydrogens is 279 g/mol. The van der Waals surface area contributed by atoms with E-state index in [0.29, 0.717) is 5.02 Å². The Morgan fingerprint density at radius 2 is 2.07 bits per heavy atom. The third kappa shape index (κ3) is 3.10. The van der Waals surface area contributed by atoms with Crippen molar-refractivity contribution in [3.05, 3.63) is 27.7 Å². The Labute approximate surface area is 103 Å². The highest BCUT2D eigenvalue weighted by Gasteiger charge is 2.16. The molecule has 1 saturated heterocycles. The van der Waals surface area contributed by atoms with Gasteiger partial charge in [-0.3, -0.25) is 0 Å². The molecule has 0 spiro atoms. The molecule has 1 fully saturated rings. The zero-order chi connectivity index (χ0) is 10.7. The van der Waals surface area contributed by atoms with E-state index in [0.717, 1.165) is 36.3 Å². The molecule has 0 aliphatic carbocycles. The van der Waals surface area contributed by atoms with Gasteiger partial charge in [0.2, 0.25) is 0 Å². The SMILES string of the molecule is Clc1ccc(Br)cc1OC1CCOCC1. The first-order chi connectivity index (χ1) is 7.25. The molecule has 0 amide bonds. The highest BCUT2D eigenvalue weighted by Crippen LogP contribution is 2.30. The molecule has 1 aromatic carbocycles. The largest absolute Gasteiger partial charge is 0.489 e. The standard InChI is InChI=1S/C11H12BrClO2/c12-8-1-2-10(13)11(7-8)15-9-3-5-14-6-4-9/h1-2,7,9H,3-6H2. The molecule has 2 rings (SSSR count). The lowest BCUT2D eigenvalue weighted by Crippen LogP contribution is -2.25. The lowest BCUT2D eigenvalue weighted by Gasteiger charge is -2.23. The topological polar surface area (TPSA) is 18.5 Å². The van der Waals surface area contributed by atoms with Crippen molar-refractivity contribution in [3.8, 4) is 5.75 Å². The van der Waals surface area contributed by atoms with Crippen LogP contribution in [0.3, 0.4) is 0 Å². The van der Waals surface area contributed by atoms with E-state index in [1.165, 1.54) is 0 Å². The summed E-state index contributed by atoms with van der Waals surface area (Å²) in [5.74, 6) is 0.748. The van der Waals surface area contributed by atoms with Crippen molar-refractivity contribution >= 4 is 27.5 Å². The van der Waals surface area contributed by atoms with Crippen LogP contribution in [0, 0.1) is 0 Å². The smallest absolute Gasteiger partial charge is 0.139 e. The Hall–Kier alpha value is -0.250. The Bertz CT molecular complexity index is 337. The van der Waals surface area contributed by atoms with Crippen molar-refractivity contribution in [1.82, 2.24) is 0 Å². The summed E-state index contributed by atoms with van der Waals surface area (Å²) in [6.07, 6.45) is 2.09. The van der Waals surface area contributed by atoms with Crippen LogP contribution in [0.5, 0.6) is 5.75 Å². The van der Waals surface area contributed by atoms with E-state index in [-0.39, 0.29) is 6.10 Å². The fourth-order valence-corrected chi connectivity index (χ4v) is 2.04. The van der Waals surface area contributed by atoms with Crippen LogP contribution in [0.4, 0.5) is 0 Å². The molecule has 0 atom stereocenters. The molecule has 4 heteroatoms. The zero-order valence-corrected chi connectivity index (χ0v) is 10.6. The molecule has 82 valence electrons. The van der Waals surface area contributed by atoms with Gasteiger partial charge in [0.1, 0.15) is 11.9 Å². The fraction of sp³-hybridized carbons (Fsp3) is 0.455. The van der Waals surface area contributed by atoms with Gasteiger partial charge >= 0.3 is 0 Å². The molecular formula is C11H12BrClO2. The minimum Gasteiger partial charge on any atom is -0.489 e. The second-order valence-corrected chi connectivity index (χ2v) is 4.83. The van der Waals surface area contributed by atoms with Gasteiger partial charge in [0, 0.05) is 17.3 Å². The minimum absolute atomic E-state index is 0.227. The van der Waals surface area contributed by atoms with E-state index >= 15 is 0 Å². The quantitative estimate of drug-likeness (QED) is 0.828. The molecule has 0 unspecified atom stereocenters. The van der Waals surface area contributed by atoms with E-state index in [1.54, 1.807) is 0 Å². The van der Waals surface area contributed by atoms with Crippen LogP contribution < -0.4 is 4.74 Å². The first-order valence-corrected chi connectivity index (χ1v) is 6.12. The van der Waals surface area contributed by atoms with Crippen molar-refractivity contribution in [2.45, 2.75) is 18.9 Å². The lowest BCUT2D eigenvalue weighted by atomic mass is 10.1. The minimum atomic E-state index is 0.227. The van der Waals surface area contributed by atoms with Gasteiger partial charge in [0.05, 0.1) is 18.2 Å². The van der Waals surface area contributed by atoms with Gasteiger partial charge in [-0.05, 0) is 18.2 Å². The van der Waals surface area contributed by atoms with Gasteiger partial charge in [-0.25, -0.2) is 0 Å². The number of halogens is 2. The summed E-state index contributed by atoms with van der Waals surface area (Å²) in [4.78, 5) is 0. The Kier molecular flexibility index (Phi) is 3.89. The highest BCUT2D eigenvalue weighted by molar-refractivity contribution is 9.10. The Balaban J connectivity index is 2.05. The molecule has 1 aliphatic heterocycles. The Morgan fingerprint density at radius 1 is 1.33 bits per heavy atom. The normalized spacial score (nSPS) is 17.7. The first-order valence-electron chi connectivity index (χ1n) is 4.95. The maximum Gasteiger partial charge on any atom is 0.139 e. The molecule has 0 saturated carbocycles. The predicted molar refractivity (Wildman–Crippen MR) is 63.6 cm³/mol. The van der Waals surface area contributed by atoms with Crippen LogP contribution in [0.15, 0.2) is 22.7 Å². The third-order valence-electron chi connectivity index (χ3n) is 2.36. The van der Waals surface area contributed by atoms with Crippen LogP contribution in [0.1, 0.15) is 12.8 Å². The van der Waals surface area contributed by atoms with Crippen molar-refractivity contribution in [3.63, 3.8) is 0 Å². The molecule has 2 nitrogen and oxygen atoms in total. The van der Waals surface area contributed by atoms with Crippen LogP contribution >= 0.6 is 27.5 Å². The number of benzene rings is 1. The highest BCUT2D eigenvalue weighted by atomic mass is 79.9. The average molecular weight is 292 g/mol. The summed E-state index contributed by atoms with van der Waals surface area (Å²) in [7, 11) is 0. The summed E-state index contributed by atoms with van der Waals surface area (Å²) in [5, 5.41) is 0.657. The van der Waals surface area contributed by atoms with Crippen LogP contribution in [-0.4, -0.2) is 19.3 Å². The number of ether oxygens (including phenoxy) is 2. The summed E-state index contributed by atoms with van der Waals surface area (Å²) in [6.45, 7) is 1.55. The van der Waals surface area contributed by atoms with E-state index in [1.807, 2.05) is 18.2 Å². The fourth-order valence-electron chi connectivity index (χ4n) is 1.54. The predicted octanol–water partition coefficient (Wildman–Crippen LogP) is 3.66. The second kappa shape index (κ2) is 5.19. The third-order valence-corrected chi connectivity index (χ3v) is 3.16. The van der Waals surface area contributed by atoms with Crippen LogP contribution in [0.2, 0.25) is 5.02 Å². The van der Waals surface area contributed by atoms with Crippen LogP contribution in [-0.2, 0) is 4.74 Å². The first kappa shape index (κ1) is 11.2. The summed E-state index contributed by atoms with van der Waals surface area (Å²) in [5.41, 5.74) is 0. The number of rotatable bonds is 2. The van der Waals surface area contributed by atoms with Crippen molar-refractivity contribution < 1.29 is 9.47 Å². The van der Waals surface area contributed by atoms with Crippen molar-refractivity contribution in [2.24, 2.45) is 0 Å². The van der Waals surface area contributed by atoms with Gasteiger partial charge in [-0.15, -0.1) is 0 Å².